The van der Waals surface area contributed by atoms with E-state index in [0.717, 1.165) is 23.4 Å². The second kappa shape index (κ2) is 7.09. The molecule has 112 valence electrons. The zero-order valence-corrected chi connectivity index (χ0v) is 12.6. The van der Waals surface area contributed by atoms with Gasteiger partial charge < -0.3 is 15.0 Å². The highest BCUT2D eigenvalue weighted by atomic mass is 16.5. The Bertz CT molecular complexity index is 645. The predicted octanol–water partition coefficient (Wildman–Crippen LogP) is 2.78. The van der Waals surface area contributed by atoms with Crippen molar-refractivity contribution in [2.24, 2.45) is 5.73 Å². The Kier molecular flexibility index (Phi) is 5.17. The first-order valence-electron chi connectivity index (χ1n) is 7.37. The molecule has 21 heavy (non-hydrogen) atoms. The Morgan fingerprint density at radius 3 is 2.38 bits per heavy atom. The second-order valence-electron chi connectivity index (χ2n) is 4.87. The van der Waals surface area contributed by atoms with Gasteiger partial charge in [0.2, 0.25) is 0 Å². The van der Waals surface area contributed by atoms with Gasteiger partial charge in [0.05, 0.1) is 12.3 Å². The molecular weight excluding hydrogens is 264 g/mol. The van der Waals surface area contributed by atoms with Gasteiger partial charge in [-0.1, -0.05) is 13.0 Å². The van der Waals surface area contributed by atoms with Crippen molar-refractivity contribution in [2.75, 3.05) is 6.61 Å². The minimum atomic E-state index is -0.0104. The molecule has 0 aliphatic rings. The molecule has 0 fully saturated rings. The Hall–Kier alpha value is -2.07. The van der Waals surface area contributed by atoms with Crippen LogP contribution < -0.4 is 16.0 Å². The van der Waals surface area contributed by atoms with Gasteiger partial charge in [-0.25, -0.2) is 0 Å². The summed E-state index contributed by atoms with van der Waals surface area (Å²) < 4.78 is 7.33. The van der Waals surface area contributed by atoms with Crippen LogP contribution in [0.25, 0.3) is 11.3 Å². The fourth-order valence-electron chi connectivity index (χ4n) is 2.29. The zero-order valence-electron chi connectivity index (χ0n) is 12.6. The van der Waals surface area contributed by atoms with Crippen molar-refractivity contribution < 1.29 is 4.74 Å². The van der Waals surface area contributed by atoms with E-state index >= 15 is 0 Å². The maximum atomic E-state index is 12.3. The van der Waals surface area contributed by atoms with E-state index < -0.39 is 0 Å². The molecule has 2 aromatic rings. The molecular formula is C17H22N2O2. The molecule has 2 N–H and O–H groups in total. The predicted molar refractivity (Wildman–Crippen MR) is 85.5 cm³/mol. The molecule has 0 aliphatic heterocycles. The summed E-state index contributed by atoms with van der Waals surface area (Å²) in [5.41, 5.74) is 8.14. The molecule has 0 atom stereocenters. The SMILES string of the molecule is CCCOc1ccc(-c2ccc(CN)c(=O)n2CC)cc1. The normalized spacial score (nSPS) is 10.6. The number of pyridine rings is 1. The van der Waals surface area contributed by atoms with Crippen LogP contribution in [-0.2, 0) is 13.1 Å². The Morgan fingerprint density at radius 2 is 1.81 bits per heavy atom. The molecule has 0 aliphatic carbocycles. The van der Waals surface area contributed by atoms with E-state index in [4.69, 9.17) is 10.5 Å². The van der Waals surface area contributed by atoms with Gasteiger partial charge in [0.1, 0.15) is 5.75 Å². The van der Waals surface area contributed by atoms with Gasteiger partial charge in [-0.05, 0) is 49.2 Å². The van der Waals surface area contributed by atoms with Gasteiger partial charge in [0.15, 0.2) is 0 Å². The largest absolute Gasteiger partial charge is 0.494 e. The lowest BCUT2D eigenvalue weighted by molar-refractivity contribution is 0.317. The third-order valence-corrected chi connectivity index (χ3v) is 3.41. The fourth-order valence-corrected chi connectivity index (χ4v) is 2.29. The highest BCUT2D eigenvalue weighted by Crippen LogP contribution is 2.22. The third-order valence-electron chi connectivity index (χ3n) is 3.41. The quantitative estimate of drug-likeness (QED) is 0.888. The zero-order chi connectivity index (χ0) is 15.2. The molecule has 0 amide bonds. The van der Waals surface area contributed by atoms with Crippen molar-refractivity contribution in [3.63, 3.8) is 0 Å². The molecule has 0 bridgehead atoms. The summed E-state index contributed by atoms with van der Waals surface area (Å²) in [4.78, 5) is 12.3. The van der Waals surface area contributed by atoms with Crippen LogP contribution in [0, 0.1) is 0 Å². The summed E-state index contributed by atoms with van der Waals surface area (Å²) in [6.45, 7) is 5.64. The Morgan fingerprint density at radius 1 is 1.10 bits per heavy atom. The highest BCUT2D eigenvalue weighted by Gasteiger charge is 2.08. The van der Waals surface area contributed by atoms with E-state index in [2.05, 4.69) is 6.92 Å². The van der Waals surface area contributed by atoms with Crippen molar-refractivity contribution >= 4 is 0 Å². The fraction of sp³-hybridized carbons (Fsp3) is 0.353. The summed E-state index contributed by atoms with van der Waals surface area (Å²) in [6.07, 6.45) is 0.984. The van der Waals surface area contributed by atoms with Crippen molar-refractivity contribution in [3.05, 3.63) is 52.3 Å². The summed E-state index contributed by atoms with van der Waals surface area (Å²) in [6, 6.07) is 11.6. The van der Waals surface area contributed by atoms with Gasteiger partial charge in [0, 0.05) is 18.7 Å². The number of aromatic nitrogens is 1. The summed E-state index contributed by atoms with van der Waals surface area (Å²) >= 11 is 0. The smallest absolute Gasteiger partial charge is 0.255 e. The summed E-state index contributed by atoms with van der Waals surface area (Å²) in [5.74, 6) is 0.851. The molecule has 0 radical (unpaired) electrons. The monoisotopic (exact) mass is 286 g/mol. The van der Waals surface area contributed by atoms with Crippen molar-refractivity contribution in [1.82, 2.24) is 4.57 Å². The highest BCUT2D eigenvalue weighted by molar-refractivity contribution is 5.61. The number of nitrogens with two attached hydrogens (primary N) is 1. The van der Waals surface area contributed by atoms with Gasteiger partial charge in [-0.15, -0.1) is 0 Å². The van der Waals surface area contributed by atoms with Crippen LogP contribution >= 0.6 is 0 Å². The molecule has 0 spiro atoms. The molecule has 2 rings (SSSR count). The first-order chi connectivity index (χ1) is 10.2. The molecule has 0 saturated heterocycles. The topological polar surface area (TPSA) is 57.2 Å². The summed E-state index contributed by atoms with van der Waals surface area (Å²) in [5, 5.41) is 0. The second-order valence-corrected chi connectivity index (χ2v) is 4.87. The van der Waals surface area contributed by atoms with Crippen LogP contribution in [0.2, 0.25) is 0 Å². The van der Waals surface area contributed by atoms with Crippen LogP contribution in [0.4, 0.5) is 0 Å². The first-order valence-corrected chi connectivity index (χ1v) is 7.37. The molecule has 1 aromatic carbocycles. The number of hydrogen-bond acceptors (Lipinski definition) is 3. The molecule has 4 heteroatoms. The van der Waals surface area contributed by atoms with E-state index in [-0.39, 0.29) is 12.1 Å². The maximum absolute atomic E-state index is 12.3. The number of ether oxygens (including phenoxy) is 1. The van der Waals surface area contributed by atoms with Crippen LogP contribution in [0.5, 0.6) is 5.75 Å². The average molecular weight is 286 g/mol. The van der Waals surface area contributed by atoms with Gasteiger partial charge in [0.25, 0.3) is 5.56 Å². The third kappa shape index (κ3) is 3.34. The van der Waals surface area contributed by atoms with Crippen LogP contribution in [0.15, 0.2) is 41.2 Å². The standard InChI is InChI=1S/C17H22N2O2/c1-3-11-21-15-8-5-13(6-9-15)16-10-7-14(12-18)17(20)19(16)4-2/h5-10H,3-4,11-12,18H2,1-2H3. The van der Waals surface area contributed by atoms with E-state index in [1.807, 2.05) is 43.3 Å². The molecule has 0 saturated carbocycles. The molecule has 1 heterocycles. The van der Waals surface area contributed by atoms with Crippen molar-refractivity contribution in [3.8, 4) is 17.0 Å². The van der Waals surface area contributed by atoms with Crippen LogP contribution in [0.3, 0.4) is 0 Å². The minimum absolute atomic E-state index is 0.0104. The van der Waals surface area contributed by atoms with E-state index in [1.54, 1.807) is 4.57 Å². The number of rotatable bonds is 6. The Balaban J connectivity index is 2.37. The Labute approximate surface area is 125 Å². The van der Waals surface area contributed by atoms with Crippen molar-refractivity contribution in [1.29, 1.82) is 0 Å². The maximum Gasteiger partial charge on any atom is 0.255 e. The average Bonchev–Trinajstić information content (AvgIpc) is 2.53. The lowest BCUT2D eigenvalue weighted by Crippen LogP contribution is -2.25. The minimum Gasteiger partial charge on any atom is -0.494 e. The number of nitrogens with zero attached hydrogens (tertiary/aromatic N) is 1. The molecule has 0 unspecified atom stereocenters. The molecule has 1 aromatic heterocycles. The molecule has 4 nitrogen and oxygen atoms in total. The lowest BCUT2D eigenvalue weighted by Gasteiger charge is -2.13. The summed E-state index contributed by atoms with van der Waals surface area (Å²) in [7, 11) is 0. The lowest BCUT2D eigenvalue weighted by atomic mass is 10.1. The van der Waals surface area contributed by atoms with Crippen LogP contribution in [-0.4, -0.2) is 11.2 Å². The van der Waals surface area contributed by atoms with Gasteiger partial charge in [-0.3, -0.25) is 4.79 Å². The first kappa shape index (κ1) is 15.3. The van der Waals surface area contributed by atoms with E-state index in [9.17, 15) is 4.79 Å². The number of benzene rings is 1. The van der Waals surface area contributed by atoms with Gasteiger partial charge >= 0.3 is 0 Å². The van der Waals surface area contributed by atoms with E-state index in [0.29, 0.717) is 18.7 Å². The van der Waals surface area contributed by atoms with Gasteiger partial charge in [-0.2, -0.15) is 0 Å². The van der Waals surface area contributed by atoms with Crippen molar-refractivity contribution in [2.45, 2.75) is 33.4 Å². The number of hydrogen-bond donors (Lipinski definition) is 1. The van der Waals surface area contributed by atoms with E-state index in [1.165, 1.54) is 0 Å². The van der Waals surface area contributed by atoms with Crippen LogP contribution in [0.1, 0.15) is 25.8 Å².